The van der Waals surface area contributed by atoms with Crippen LogP contribution in [0.5, 0.6) is 5.75 Å². The van der Waals surface area contributed by atoms with Crippen molar-refractivity contribution in [3.63, 3.8) is 0 Å². The number of hydrogen-bond donors (Lipinski definition) is 4. The molecule has 0 radical (unpaired) electrons. The SMILES string of the molecule is CC(CC(N)=O)NCCOc1ccc(/C(N)=N/O)cc1. The summed E-state index contributed by atoms with van der Waals surface area (Å²) in [7, 11) is 0. The van der Waals surface area contributed by atoms with Gasteiger partial charge < -0.3 is 26.7 Å². The van der Waals surface area contributed by atoms with E-state index in [-0.39, 0.29) is 17.8 Å². The van der Waals surface area contributed by atoms with Gasteiger partial charge in [0, 0.05) is 24.6 Å². The second kappa shape index (κ2) is 8.00. The Balaban J connectivity index is 2.30. The third kappa shape index (κ3) is 5.57. The van der Waals surface area contributed by atoms with Gasteiger partial charge in [0.25, 0.3) is 0 Å². The Morgan fingerprint density at radius 1 is 1.40 bits per heavy atom. The van der Waals surface area contributed by atoms with E-state index in [1.165, 1.54) is 0 Å². The normalized spacial score (nSPS) is 12.9. The average Bonchev–Trinajstić information content (AvgIpc) is 2.42. The second-order valence-electron chi connectivity index (χ2n) is 4.38. The first-order valence-corrected chi connectivity index (χ1v) is 6.25. The first-order valence-electron chi connectivity index (χ1n) is 6.25. The number of rotatable bonds is 8. The van der Waals surface area contributed by atoms with E-state index in [1.807, 2.05) is 6.92 Å². The topological polar surface area (TPSA) is 123 Å². The zero-order chi connectivity index (χ0) is 15.0. The Labute approximate surface area is 117 Å². The lowest BCUT2D eigenvalue weighted by atomic mass is 10.2. The quantitative estimate of drug-likeness (QED) is 0.176. The van der Waals surface area contributed by atoms with Crippen molar-refractivity contribution in [1.29, 1.82) is 0 Å². The van der Waals surface area contributed by atoms with Crippen LogP contribution >= 0.6 is 0 Å². The van der Waals surface area contributed by atoms with E-state index in [2.05, 4.69) is 10.5 Å². The Morgan fingerprint density at radius 2 is 2.05 bits per heavy atom. The van der Waals surface area contributed by atoms with Gasteiger partial charge in [0.15, 0.2) is 5.84 Å². The molecule has 0 saturated heterocycles. The number of primary amides is 1. The smallest absolute Gasteiger partial charge is 0.218 e. The van der Waals surface area contributed by atoms with E-state index in [1.54, 1.807) is 24.3 Å². The summed E-state index contributed by atoms with van der Waals surface area (Å²) in [5.74, 6) is 0.409. The number of benzene rings is 1. The van der Waals surface area contributed by atoms with Crippen molar-refractivity contribution in [2.24, 2.45) is 16.6 Å². The summed E-state index contributed by atoms with van der Waals surface area (Å²) in [6, 6.07) is 6.90. The minimum Gasteiger partial charge on any atom is -0.492 e. The monoisotopic (exact) mass is 280 g/mol. The van der Waals surface area contributed by atoms with Crippen LogP contribution < -0.4 is 21.5 Å². The fourth-order valence-electron chi connectivity index (χ4n) is 1.63. The third-order valence-electron chi connectivity index (χ3n) is 2.63. The molecule has 0 fully saturated rings. The molecule has 1 amide bonds. The van der Waals surface area contributed by atoms with E-state index in [4.69, 9.17) is 21.4 Å². The molecule has 0 saturated carbocycles. The minimum atomic E-state index is -0.329. The number of amides is 1. The Morgan fingerprint density at radius 3 is 2.60 bits per heavy atom. The molecule has 0 spiro atoms. The van der Waals surface area contributed by atoms with Crippen LogP contribution in [-0.2, 0) is 4.79 Å². The first-order chi connectivity index (χ1) is 9.52. The van der Waals surface area contributed by atoms with Gasteiger partial charge in [-0.3, -0.25) is 4.79 Å². The van der Waals surface area contributed by atoms with Gasteiger partial charge in [-0.1, -0.05) is 5.16 Å². The molecule has 7 nitrogen and oxygen atoms in total. The molecule has 1 unspecified atom stereocenters. The molecule has 0 aliphatic rings. The molecule has 6 N–H and O–H groups in total. The van der Waals surface area contributed by atoms with Gasteiger partial charge in [-0.05, 0) is 31.2 Å². The molecule has 1 aromatic carbocycles. The molecule has 0 heterocycles. The van der Waals surface area contributed by atoms with Crippen LogP contribution in [0.3, 0.4) is 0 Å². The highest BCUT2D eigenvalue weighted by molar-refractivity contribution is 5.97. The van der Waals surface area contributed by atoms with Crippen molar-refractivity contribution >= 4 is 11.7 Å². The van der Waals surface area contributed by atoms with Gasteiger partial charge >= 0.3 is 0 Å². The standard InChI is InChI=1S/C13H20N4O3/c1-9(8-12(14)18)16-6-7-20-11-4-2-10(3-5-11)13(15)17-19/h2-5,9,16,19H,6-8H2,1H3,(H2,14,18)(H2,15,17). The van der Waals surface area contributed by atoms with Gasteiger partial charge in [0.2, 0.25) is 5.91 Å². The van der Waals surface area contributed by atoms with Crippen LogP contribution in [0.25, 0.3) is 0 Å². The van der Waals surface area contributed by atoms with Gasteiger partial charge in [0.05, 0.1) is 0 Å². The predicted octanol–water partition coefficient (Wildman–Crippen LogP) is 0.0134. The summed E-state index contributed by atoms with van der Waals surface area (Å²) in [6.07, 6.45) is 0.300. The predicted molar refractivity (Wildman–Crippen MR) is 75.7 cm³/mol. The summed E-state index contributed by atoms with van der Waals surface area (Å²) in [4.78, 5) is 10.7. The zero-order valence-corrected chi connectivity index (χ0v) is 11.4. The minimum absolute atomic E-state index is 0.0269. The number of carbonyl (C=O) groups is 1. The lowest BCUT2D eigenvalue weighted by Crippen LogP contribution is -2.33. The fraction of sp³-hybridized carbons (Fsp3) is 0.385. The molecule has 7 heteroatoms. The first kappa shape index (κ1) is 15.8. The molecule has 110 valence electrons. The maximum absolute atomic E-state index is 10.7. The molecular formula is C13H20N4O3. The highest BCUT2D eigenvalue weighted by Gasteiger charge is 2.04. The van der Waals surface area contributed by atoms with Crippen LogP contribution in [-0.4, -0.2) is 36.1 Å². The maximum Gasteiger partial charge on any atom is 0.218 e. The van der Waals surface area contributed by atoms with Gasteiger partial charge in [-0.15, -0.1) is 0 Å². The van der Waals surface area contributed by atoms with E-state index in [0.717, 1.165) is 0 Å². The van der Waals surface area contributed by atoms with E-state index >= 15 is 0 Å². The maximum atomic E-state index is 10.7. The average molecular weight is 280 g/mol. The Hall–Kier alpha value is -2.28. The lowest BCUT2D eigenvalue weighted by Gasteiger charge is -2.12. The number of amidine groups is 1. The summed E-state index contributed by atoms with van der Waals surface area (Å²) in [6.45, 7) is 2.96. The summed E-state index contributed by atoms with van der Waals surface area (Å²) >= 11 is 0. The molecule has 0 aliphatic heterocycles. The Kier molecular flexibility index (Phi) is 6.31. The number of nitrogens with zero attached hydrogens (tertiary/aromatic N) is 1. The van der Waals surface area contributed by atoms with Crippen LogP contribution in [0, 0.1) is 0 Å². The molecule has 0 aromatic heterocycles. The largest absolute Gasteiger partial charge is 0.492 e. The second-order valence-corrected chi connectivity index (χ2v) is 4.38. The number of ether oxygens (including phenoxy) is 1. The van der Waals surface area contributed by atoms with E-state index in [9.17, 15) is 4.79 Å². The number of hydrogen-bond acceptors (Lipinski definition) is 5. The van der Waals surface area contributed by atoms with Gasteiger partial charge in [-0.2, -0.15) is 0 Å². The lowest BCUT2D eigenvalue weighted by molar-refractivity contribution is -0.118. The van der Waals surface area contributed by atoms with Crippen LogP contribution in [0.4, 0.5) is 0 Å². The van der Waals surface area contributed by atoms with Crippen molar-refractivity contribution < 1.29 is 14.7 Å². The Bertz CT molecular complexity index is 459. The molecule has 1 aromatic rings. The van der Waals surface area contributed by atoms with Crippen molar-refractivity contribution in [2.75, 3.05) is 13.2 Å². The molecule has 1 rings (SSSR count). The van der Waals surface area contributed by atoms with Gasteiger partial charge in [-0.25, -0.2) is 0 Å². The number of carbonyl (C=O) groups excluding carboxylic acids is 1. The molecule has 0 aliphatic carbocycles. The van der Waals surface area contributed by atoms with Crippen molar-refractivity contribution in [3.8, 4) is 5.75 Å². The number of nitrogens with two attached hydrogens (primary N) is 2. The highest BCUT2D eigenvalue weighted by atomic mass is 16.5. The molecular weight excluding hydrogens is 260 g/mol. The fourth-order valence-corrected chi connectivity index (χ4v) is 1.63. The van der Waals surface area contributed by atoms with E-state index < -0.39 is 0 Å². The number of oxime groups is 1. The van der Waals surface area contributed by atoms with Crippen molar-refractivity contribution in [3.05, 3.63) is 29.8 Å². The molecule has 0 bridgehead atoms. The summed E-state index contributed by atoms with van der Waals surface area (Å²) < 4.78 is 5.51. The van der Waals surface area contributed by atoms with Crippen LogP contribution in [0.1, 0.15) is 18.9 Å². The third-order valence-corrected chi connectivity index (χ3v) is 2.63. The highest BCUT2D eigenvalue weighted by Crippen LogP contribution is 2.11. The van der Waals surface area contributed by atoms with Crippen molar-refractivity contribution in [2.45, 2.75) is 19.4 Å². The van der Waals surface area contributed by atoms with Gasteiger partial charge in [0.1, 0.15) is 12.4 Å². The molecule has 1 atom stereocenters. The van der Waals surface area contributed by atoms with Crippen LogP contribution in [0.15, 0.2) is 29.4 Å². The molecule has 20 heavy (non-hydrogen) atoms. The van der Waals surface area contributed by atoms with Crippen molar-refractivity contribution in [1.82, 2.24) is 5.32 Å². The van der Waals surface area contributed by atoms with Crippen LogP contribution in [0.2, 0.25) is 0 Å². The summed E-state index contributed by atoms with van der Waals surface area (Å²) in [5.41, 5.74) is 11.2. The van der Waals surface area contributed by atoms with E-state index in [0.29, 0.717) is 30.9 Å². The summed E-state index contributed by atoms with van der Waals surface area (Å²) in [5, 5.41) is 14.6. The zero-order valence-electron chi connectivity index (χ0n) is 11.4. The number of nitrogens with one attached hydrogen (secondary N) is 1.